The molecular formula is C56H82O7. The van der Waals surface area contributed by atoms with Crippen molar-refractivity contribution in [3.63, 3.8) is 0 Å². The molecule has 63 heavy (non-hydrogen) atoms. The first kappa shape index (κ1) is 53.7. The van der Waals surface area contributed by atoms with Gasteiger partial charge in [-0.1, -0.05) is 182 Å². The van der Waals surface area contributed by atoms with Crippen molar-refractivity contribution in [3.05, 3.63) is 154 Å². The van der Waals surface area contributed by atoms with Crippen molar-refractivity contribution >= 4 is 0 Å². The van der Waals surface area contributed by atoms with Crippen LogP contribution in [0.3, 0.4) is 0 Å². The Morgan fingerprint density at radius 1 is 0.619 bits per heavy atom. The van der Waals surface area contributed by atoms with E-state index in [9.17, 15) is 25.5 Å². The van der Waals surface area contributed by atoms with Crippen molar-refractivity contribution in [1.82, 2.24) is 0 Å². The second kappa shape index (κ2) is 25.7. The predicted octanol–water partition coefficient (Wildman–Crippen LogP) is 11.3. The van der Waals surface area contributed by atoms with E-state index in [2.05, 4.69) is 179 Å². The zero-order chi connectivity index (χ0) is 46.9. The molecule has 348 valence electrons. The summed E-state index contributed by atoms with van der Waals surface area (Å²) in [6.45, 7) is 26.3. The van der Waals surface area contributed by atoms with Gasteiger partial charge in [-0.3, -0.25) is 0 Å². The van der Waals surface area contributed by atoms with Gasteiger partial charge in [0.1, 0.15) is 24.4 Å². The van der Waals surface area contributed by atoms with Gasteiger partial charge in [-0.2, -0.15) is 0 Å². The molecule has 1 saturated heterocycles. The molecule has 2 aliphatic carbocycles. The van der Waals surface area contributed by atoms with Crippen molar-refractivity contribution < 1.29 is 35.0 Å². The maximum Gasteiger partial charge on any atom is 0.187 e. The van der Waals surface area contributed by atoms with Gasteiger partial charge in [0.05, 0.1) is 19.8 Å². The minimum atomic E-state index is -1.45. The third kappa shape index (κ3) is 16.4. The molecule has 0 aromatic carbocycles. The van der Waals surface area contributed by atoms with Gasteiger partial charge >= 0.3 is 0 Å². The van der Waals surface area contributed by atoms with Gasteiger partial charge in [0.2, 0.25) is 0 Å². The summed E-state index contributed by atoms with van der Waals surface area (Å²) in [7, 11) is 0. The van der Waals surface area contributed by atoms with Crippen LogP contribution in [0.25, 0.3) is 0 Å². The van der Waals surface area contributed by atoms with Crippen molar-refractivity contribution in [2.24, 2.45) is 34.5 Å². The molecule has 0 aromatic heterocycles. The van der Waals surface area contributed by atoms with E-state index in [0.717, 1.165) is 42.4 Å². The molecule has 0 amide bonds. The van der Waals surface area contributed by atoms with E-state index in [4.69, 9.17) is 9.47 Å². The lowest BCUT2D eigenvalue weighted by molar-refractivity contribution is -0.299. The number of ether oxygens (including phenoxy) is 2. The standard InChI is InChI=1S/C56H82O7/c1-38(19-15-21-40(3)25-33-48-44(7)27-31-46(55(48,9)10)29-23-42(5)35-57)17-13-14-18-39(2)20-16-22-41(4)26-34-49-45(8)28-32-47(56(49,11)12)30-24-43(6)37-62-54-53(61)52(60)51(59)50(36-58)63-54/h13-28,33-34,46-54,57-61H,29-32,35-37H2,1-12H3/b14-13+,19-15+,20-16+,33-25+,34-26+,38-17+,39-18+,40-21+,41-22+,42-23+,43-24+/t46?,47?,48-,49-,50+,51+,52-,53+,54+/m0/s1. The average Bonchev–Trinajstić information content (AvgIpc) is 3.22. The Hall–Kier alpha value is -3.66. The van der Waals surface area contributed by atoms with Crippen molar-refractivity contribution in [3.8, 4) is 0 Å². The van der Waals surface area contributed by atoms with Crippen LogP contribution in [0.5, 0.6) is 0 Å². The van der Waals surface area contributed by atoms with Crippen LogP contribution in [0.4, 0.5) is 0 Å². The van der Waals surface area contributed by atoms with Crippen LogP contribution >= 0.6 is 0 Å². The largest absolute Gasteiger partial charge is 0.394 e. The highest BCUT2D eigenvalue weighted by atomic mass is 16.7. The second-order valence-corrected chi connectivity index (χ2v) is 19.6. The molecule has 3 aliphatic rings. The van der Waals surface area contributed by atoms with Crippen LogP contribution in [-0.4, -0.2) is 76.1 Å². The third-order valence-electron chi connectivity index (χ3n) is 13.6. The number of allylic oxidation sites excluding steroid dienone is 24. The van der Waals surface area contributed by atoms with Crippen LogP contribution in [0, 0.1) is 34.5 Å². The summed E-state index contributed by atoms with van der Waals surface area (Å²) in [6, 6.07) is 0. The van der Waals surface area contributed by atoms with Gasteiger partial charge in [-0.15, -0.1) is 0 Å². The molecule has 1 fully saturated rings. The summed E-state index contributed by atoms with van der Waals surface area (Å²) in [5, 5.41) is 49.3. The number of aliphatic hydroxyl groups is 5. The van der Waals surface area contributed by atoms with Crippen molar-refractivity contribution in [2.75, 3.05) is 19.8 Å². The summed E-state index contributed by atoms with van der Waals surface area (Å²) < 4.78 is 11.2. The van der Waals surface area contributed by atoms with Crippen LogP contribution in [-0.2, 0) is 9.47 Å². The van der Waals surface area contributed by atoms with Crippen LogP contribution < -0.4 is 0 Å². The van der Waals surface area contributed by atoms with Crippen LogP contribution in [0.1, 0.15) is 109 Å². The molecule has 3 rings (SSSR count). The van der Waals surface area contributed by atoms with Gasteiger partial charge in [-0.05, 0) is 104 Å². The fourth-order valence-electron chi connectivity index (χ4n) is 8.86. The maximum atomic E-state index is 10.3. The minimum Gasteiger partial charge on any atom is -0.394 e. The summed E-state index contributed by atoms with van der Waals surface area (Å²) in [5.74, 6) is 1.64. The molecule has 0 spiro atoms. The summed E-state index contributed by atoms with van der Waals surface area (Å²) in [5.41, 5.74) is 9.76. The highest BCUT2D eigenvalue weighted by molar-refractivity contribution is 5.33. The van der Waals surface area contributed by atoms with E-state index in [0.29, 0.717) is 23.7 Å². The van der Waals surface area contributed by atoms with Gasteiger partial charge in [0.25, 0.3) is 0 Å². The number of hydrogen-bond donors (Lipinski definition) is 5. The lowest BCUT2D eigenvalue weighted by Crippen LogP contribution is -2.59. The van der Waals surface area contributed by atoms with Crippen LogP contribution in [0.15, 0.2) is 154 Å². The fraction of sp³-hybridized carbons (Fsp3) is 0.536. The fourth-order valence-corrected chi connectivity index (χ4v) is 8.86. The van der Waals surface area contributed by atoms with E-state index in [1.807, 2.05) is 13.8 Å². The van der Waals surface area contributed by atoms with E-state index < -0.39 is 37.3 Å². The first-order valence-corrected chi connectivity index (χ1v) is 23.0. The Labute approximate surface area is 381 Å². The molecule has 0 saturated carbocycles. The van der Waals surface area contributed by atoms with Crippen molar-refractivity contribution in [2.45, 2.75) is 139 Å². The topological polar surface area (TPSA) is 120 Å². The molecule has 5 N–H and O–H groups in total. The first-order chi connectivity index (χ1) is 29.7. The molecule has 9 atom stereocenters. The summed E-state index contributed by atoms with van der Waals surface area (Å²) >= 11 is 0. The lowest BCUT2D eigenvalue weighted by atomic mass is 9.61. The summed E-state index contributed by atoms with van der Waals surface area (Å²) in [4.78, 5) is 0. The monoisotopic (exact) mass is 867 g/mol. The Kier molecular flexibility index (Phi) is 21.9. The molecule has 1 heterocycles. The van der Waals surface area contributed by atoms with E-state index >= 15 is 0 Å². The Balaban J connectivity index is 1.51. The lowest BCUT2D eigenvalue weighted by Gasteiger charge is -2.43. The SMILES string of the molecule is CC1=CCC(C/C=C(\C)CO)C(C)(C)[C@H]1/C=C/C(C)=C/C=C/C(C)=C/C=C/C=C(C)/C=C/C=C(C)/C=C/[C@H]1C(C)=CCC(C/C=C(\C)CO[C@@H]2O[C@H](CO)[C@@H](O)[C@H](O)[C@H]2O)C1(C)C. The molecule has 1 aliphatic heterocycles. The summed E-state index contributed by atoms with van der Waals surface area (Å²) in [6.07, 6.45) is 37.1. The zero-order valence-electron chi connectivity index (χ0n) is 40.6. The highest BCUT2D eigenvalue weighted by Gasteiger charge is 2.44. The molecule has 0 bridgehead atoms. The van der Waals surface area contributed by atoms with Gasteiger partial charge in [0, 0.05) is 11.8 Å². The number of hydrogen-bond acceptors (Lipinski definition) is 7. The number of rotatable bonds is 19. The van der Waals surface area contributed by atoms with Gasteiger partial charge in [-0.25, -0.2) is 0 Å². The average molecular weight is 867 g/mol. The van der Waals surface area contributed by atoms with Crippen molar-refractivity contribution in [1.29, 1.82) is 0 Å². The molecule has 7 heteroatoms. The molecule has 0 aromatic rings. The quantitative estimate of drug-likeness (QED) is 0.0648. The van der Waals surface area contributed by atoms with E-state index in [1.54, 1.807) is 0 Å². The first-order valence-electron chi connectivity index (χ1n) is 23.0. The second-order valence-electron chi connectivity index (χ2n) is 19.6. The smallest absolute Gasteiger partial charge is 0.187 e. The normalized spacial score (nSPS) is 30.7. The Bertz CT molecular complexity index is 1900. The van der Waals surface area contributed by atoms with Gasteiger partial charge < -0.3 is 35.0 Å². The third-order valence-corrected chi connectivity index (χ3v) is 13.6. The molecule has 2 unspecified atom stereocenters. The molecule has 0 radical (unpaired) electrons. The minimum absolute atomic E-state index is 0.0231. The van der Waals surface area contributed by atoms with E-state index in [-0.39, 0.29) is 24.0 Å². The van der Waals surface area contributed by atoms with Gasteiger partial charge in [0.15, 0.2) is 6.29 Å². The predicted molar refractivity (Wildman–Crippen MR) is 263 cm³/mol. The Morgan fingerprint density at radius 3 is 1.49 bits per heavy atom. The molecular weight excluding hydrogens is 785 g/mol. The maximum absolute atomic E-state index is 10.3. The Morgan fingerprint density at radius 2 is 1.05 bits per heavy atom. The zero-order valence-corrected chi connectivity index (χ0v) is 40.6. The molecule has 7 nitrogen and oxygen atoms in total. The van der Waals surface area contributed by atoms with E-state index in [1.165, 1.54) is 27.9 Å². The highest BCUT2D eigenvalue weighted by Crippen LogP contribution is 2.49. The number of aliphatic hydroxyl groups excluding tert-OH is 5. The van der Waals surface area contributed by atoms with Crippen LogP contribution in [0.2, 0.25) is 0 Å².